The molecule has 4 atom stereocenters. The van der Waals surface area contributed by atoms with Gasteiger partial charge in [-0.05, 0) is 24.0 Å². The van der Waals surface area contributed by atoms with Gasteiger partial charge in [-0.25, -0.2) is 4.79 Å². The number of nitrogens with zero attached hydrogens (tertiary/aromatic N) is 1. The molecule has 4 rings (SSSR count). The van der Waals surface area contributed by atoms with Crippen LogP contribution in [0, 0.1) is 0 Å². The van der Waals surface area contributed by atoms with Crippen molar-refractivity contribution < 1.29 is 27.8 Å². The van der Waals surface area contributed by atoms with Crippen LogP contribution in [0.25, 0.3) is 0 Å². The first-order valence-corrected chi connectivity index (χ1v) is 13.5. The third-order valence-electron chi connectivity index (χ3n) is 5.84. The van der Waals surface area contributed by atoms with Crippen LogP contribution < -0.4 is 11.2 Å². The van der Waals surface area contributed by atoms with Gasteiger partial charge in [0.1, 0.15) is 12.3 Å². The lowest BCUT2D eigenvalue weighted by Crippen LogP contribution is -2.31. The van der Waals surface area contributed by atoms with E-state index >= 15 is 0 Å². The summed E-state index contributed by atoms with van der Waals surface area (Å²) in [5.41, 5.74) is 1.11. The van der Waals surface area contributed by atoms with Crippen molar-refractivity contribution in [2.24, 2.45) is 0 Å². The number of H-pyrrole nitrogens is 1. The van der Waals surface area contributed by atoms with Gasteiger partial charge < -0.3 is 27.8 Å². The van der Waals surface area contributed by atoms with Crippen LogP contribution in [0.1, 0.15) is 30.2 Å². The van der Waals surface area contributed by atoms with Crippen molar-refractivity contribution in [2.45, 2.75) is 44.5 Å². The number of nitrogens with one attached hydrogen (secondary N) is 1. The summed E-state index contributed by atoms with van der Waals surface area (Å²) in [7, 11) is -0.103. The van der Waals surface area contributed by atoms with Gasteiger partial charge in [0.15, 0.2) is 0 Å². The standard InChI is InChI=1S/C27H33N2O8P/c1-32-18-24(33-16-21-8-4-2-5-9-21)20-36-38(34-17-22-10-6-3-7-11-22)35-19-23-12-13-26(37-23)29-15-14-25(30)28-27(29)31/h2-11,14-15,23-24,26H,12-13,16-20H2,1H3,(H,28,30,31). The minimum Gasteiger partial charge on any atom is -0.382 e. The van der Waals surface area contributed by atoms with E-state index in [4.69, 9.17) is 27.8 Å². The summed E-state index contributed by atoms with van der Waals surface area (Å²) in [5, 5.41) is 0. The molecule has 1 aliphatic heterocycles. The van der Waals surface area contributed by atoms with E-state index in [1.807, 2.05) is 60.7 Å². The Morgan fingerprint density at radius 2 is 1.63 bits per heavy atom. The highest BCUT2D eigenvalue weighted by Gasteiger charge is 2.29. The molecule has 0 radical (unpaired) electrons. The third kappa shape index (κ3) is 8.96. The Hall–Kier alpha value is -2.69. The Morgan fingerprint density at radius 3 is 2.32 bits per heavy atom. The molecular formula is C27H33N2O8P. The first-order chi connectivity index (χ1) is 18.6. The van der Waals surface area contributed by atoms with E-state index in [0.29, 0.717) is 32.7 Å². The van der Waals surface area contributed by atoms with Gasteiger partial charge in [0.2, 0.25) is 0 Å². The maximum absolute atomic E-state index is 12.1. The summed E-state index contributed by atoms with van der Waals surface area (Å²) >= 11 is 0. The molecule has 0 saturated carbocycles. The third-order valence-corrected chi connectivity index (χ3v) is 6.90. The fourth-order valence-corrected chi connectivity index (χ4v) is 4.94. The summed E-state index contributed by atoms with van der Waals surface area (Å²) in [6.45, 7) is 1.57. The van der Waals surface area contributed by atoms with E-state index in [2.05, 4.69) is 4.98 Å². The topological polar surface area (TPSA) is 110 Å². The van der Waals surface area contributed by atoms with Crippen LogP contribution in [-0.4, -0.2) is 48.7 Å². The first kappa shape index (κ1) is 28.3. The summed E-state index contributed by atoms with van der Waals surface area (Å²) < 4.78 is 36.8. The fourth-order valence-electron chi connectivity index (χ4n) is 3.89. The Labute approximate surface area is 222 Å². The molecule has 0 spiro atoms. The van der Waals surface area contributed by atoms with Crippen molar-refractivity contribution in [3.05, 3.63) is 105 Å². The Morgan fingerprint density at radius 1 is 0.921 bits per heavy atom. The molecule has 1 fully saturated rings. The average molecular weight is 545 g/mol. The van der Waals surface area contributed by atoms with Gasteiger partial charge >= 0.3 is 14.3 Å². The van der Waals surface area contributed by atoms with E-state index < -0.39 is 26.1 Å². The molecule has 0 bridgehead atoms. The van der Waals surface area contributed by atoms with Gasteiger partial charge in [0.05, 0.1) is 39.1 Å². The molecule has 3 aromatic rings. The summed E-state index contributed by atoms with van der Waals surface area (Å²) in [5.74, 6) is 0. The number of rotatable bonds is 15. The number of hydrogen-bond acceptors (Lipinski definition) is 8. The number of ether oxygens (including phenoxy) is 3. The normalized spacial score (nSPS) is 18.9. The highest BCUT2D eigenvalue weighted by atomic mass is 31.2. The van der Waals surface area contributed by atoms with E-state index in [0.717, 1.165) is 11.1 Å². The zero-order valence-electron chi connectivity index (χ0n) is 21.3. The number of hydrogen-bond donors (Lipinski definition) is 1. The molecule has 38 heavy (non-hydrogen) atoms. The van der Waals surface area contributed by atoms with Crippen LogP contribution in [0.2, 0.25) is 0 Å². The lowest BCUT2D eigenvalue weighted by molar-refractivity contribution is -0.0439. The lowest BCUT2D eigenvalue weighted by Gasteiger charge is -2.22. The predicted molar refractivity (Wildman–Crippen MR) is 141 cm³/mol. The molecule has 204 valence electrons. The molecule has 1 aromatic heterocycles. The largest absolute Gasteiger partial charge is 0.382 e. The smallest absolute Gasteiger partial charge is 0.333 e. The molecule has 0 amide bonds. The second kappa shape index (κ2) is 15.0. The van der Waals surface area contributed by atoms with Crippen molar-refractivity contribution in [1.82, 2.24) is 9.55 Å². The van der Waals surface area contributed by atoms with Gasteiger partial charge in [0.25, 0.3) is 5.56 Å². The second-order valence-electron chi connectivity index (χ2n) is 8.76. The SMILES string of the molecule is COCC(COP(OCc1ccccc1)OCC1CCC(n2ccc(=O)[nH]c2=O)O1)OCc1ccccc1. The van der Waals surface area contributed by atoms with Crippen molar-refractivity contribution >= 4 is 8.60 Å². The molecule has 11 heteroatoms. The molecule has 1 saturated heterocycles. The zero-order valence-corrected chi connectivity index (χ0v) is 22.2. The predicted octanol–water partition coefficient (Wildman–Crippen LogP) is 3.92. The monoisotopic (exact) mass is 544 g/mol. The Bertz CT molecular complexity index is 1210. The number of aromatic amines is 1. The van der Waals surface area contributed by atoms with Crippen LogP contribution in [0.5, 0.6) is 0 Å². The van der Waals surface area contributed by atoms with Crippen LogP contribution in [0.4, 0.5) is 0 Å². The van der Waals surface area contributed by atoms with Crippen molar-refractivity contribution in [2.75, 3.05) is 26.9 Å². The molecule has 4 unspecified atom stereocenters. The summed E-state index contributed by atoms with van der Waals surface area (Å²) in [6, 6.07) is 21.0. The van der Waals surface area contributed by atoms with Gasteiger partial charge in [0, 0.05) is 19.4 Å². The Kier molecular flexibility index (Phi) is 11.2. The highest BCUT2D eigenvalue weighted by Crippen LogP contribution is 2.42. The van der Waals surface area contributed by atoms with Crippen molar-refractivity contribution in [1.29, 1.82) is 0 Å². The maximum Gasteiger partial charge on any atom is 0.333 e. The Balaban J connectivity index is 1.31. The van der Waals surface area contributed by atoms with E-state index in [9.17, 15) is 9.59 Å². The quantitative estimate of drug-likeness (QED) is 0.287. The van der Waals surface area contributed by atoms with Crippen LogP contribution in [-0.2, 0) is 41.0 Å². The van der Waals surface area contributed by atoms with Crippen molar-refractivity contribution in [3.63, 3.8) is 0 Å². The summed E-state index contributed by atoms with van der Waals surface area (Å²) in [4.78, 5) is 25.7. The lowest BCUT2D eigenvalue weighted by atomic mass is 10.2. The molecule has 0 aliphatic carbocycles. The zero-order chi connectivity index (χ0) is 26.6. The van der Waals surface area contributed by atoms with Crippen LogP contribution in [0.15, 0.2) is 82.5 Å². The molecule has 2 heterocycles. The molecule has 2 aromatic carbocycles. The van der Waals surface area contributed by atoms with Crippen LogP contribution in [0.3, 0.4) is 0 Å². The first-order valence-electron chi connectivity index (χ1n) is 12.4. The van der Waals surface area contributed by atoms with Gasteiger partial charge in [-0.1, -0.05) is 60.7 Å². The van der Waals surface area contributed by atoms with E-state index in [1.165, 1.54) is 16.8 Å². The van der Waals surface area contributed by atoms with Crippen molar-refractivity contribution in [3.8, 4) is 0 Å². The summed E-state index contributed by atoms with van der Waals surface area (Å²) in [6.07, 6.45) is 1.71. The van der Waals surface area contributed by atoms with Gasteiger partial charge in [-0.15, -0.1) is 0 Å². The van der Waals surface area contributed by atoms with Crippen LogP contribution >= 0.6 is 8.60 Å². The van der Waals surface area contributed by atoms with Gasteiger partial charge in [-0.3, -0.25) is 14.3 Å². The molecular weight excluding hydrogens is 511 g/mol. The number of methoxy groups -OCH3 is 1. The van der Waals surface area contributed by atoms with E-state index in [1.54, 1.807) is 7.11 Å². The molecule has 10 nitrogen and oxygen atoms in total. The molecule has 1 N–H and O–H groups in total. The fraction of sp³-hybridized carbons (Fsp3) is 0.407. The highest BCUT2D eigenvalue weighted by molar-refractivity contribution is 7.41. The van der Waals surface area contributed by atoms with Gasteiger partial charge in [-0.2, -0.15) is 0 Å². The van der Waals surface area contributed by atoms with E-state index in [-0.39, 0.29) is 25.4 Å². The molecule has 1 aliphatic rings. The minimum atomic E-state index is -1.72. The minimum absolute atomic E-state index is 0.224. The number of benzene rings is 2. The maximum atomic E-state index is 12.1. The second-order valence-corrected chi connectivity index (χ2v) is 9.98. The number of aromatic nitrogens is 2. The average Bonchev–Trinajstić information content (AvgIpc) is 3.41.